The number of ether oxygens (including phenoxy) is 1. The van der Waals surface area contributed by atoms with Crippen molar-refractivity contribution in [3.8, 4) is 0 Å². The second-order valence-electron chi connectivity index (χ2n) is 2.88. The first-order valence-electron chi connectivity index (χ1n) is 4.14. The summed E-state index contributed by atoms with van der Waals surface area (Å²) in [6, 6.07) is 0. The highest BCUT2D eigenvalue weighted by molar-refractivity contribution is 4.59. The van der Waals surface area contributed by atoms with Crippen LogP contribution in [0.25, 0.3) is 0 Å². The number of nitrogens with zero attached hydrogens (tertiary/aromatic N) is 1. The standard InChI is InChI=1S/C8H20N2O/c1-6-10(9-4)8(11-5)7(2)3/h7-9H,6H2,1-5H3. The molecule has 0 fully saturated rings. The van der Waals surface area contributed by atoms with Crippen LogP contribution in [0.2, 0.25) is 0 Å². The van der Waals surface area contributed by atoms with Crippen LogP contribution in [0, 0.1) is 5.92 Å². The fraction of sp³-hybridized carbons (Fsp3) is 1.00. The average Bonchev–Trinajstić information content (AvgIpc) is 1.99. The van der Waals surface area contributed by atoms with Crippen molar-refractivity contribution >= 4 is 0 Å². The summed E-state index contributed by atoms with van der Waals surface area (Å²) in [7, 11) is 3.66. The molecule has 0 heterocycles. The molecule has 0 aromatic carbocycles. The van der Waals surface area contributed by atoms with Crippen LogP contribution in [0.1, 0.15) is 20.8 Å². The van der Waals surface area contributed by atoms with Gasteiger partial charge in [0.05, 0.1) is 0 Å². The van der Waals surface area contributed by atoms with Gasteiger partial charge in [0, 0.05) is 13.7 Å². The SMILES string of the molecule is CCN(NC)C(OC)C(C)C. The van der Waals surface area contributed by atoms with Crippen LogP contribution in [0.15, 0.2) is 0 Å². The molecule has 0 aliphatic carbocycles. The minimum atomic E-state index is 0.171. The van der Waals surface area contributed by atoms with E-state index in [4.69, 9.17) is 4.74 Å². The molecule has 3 nitrogen and oxygen atoms in total. The smallest absolute Gasteiger partial charge is 0.124 e. The first-order chi connectivity index (χ1) is 5.17. The molecule has 11 heavy (non-hydrogen) atoms. The summed E-state index contributed by atoms with van der Waals surface area (Å²) in [6.45, 7) is 7.35. The molecule has 0 aromatic heterocycles. The molecule has 0 rings (SSSR count). The van der Waals surface area contributed by atoms with Crippen molar-refractivity contribution in [3.05, 3.63) is 0 Å². The Kier molecular flexibility index (Phi) is 5.46. The molecule has 3 heteroatoms. The summed E-state index contributed by atoms with van der Waals surface area (Å²) in [6.07, 6.45) is 0.171. The van der Waals surface area contributed by atoms with Crippen molar-refractivity contribution in [2.24, 2.45) is 5.92 Å². The lowest BCUT2D eigenvalue weighted by molar-refractivity contribution is -0.0815. The first-order valence-corrected chi connectivity index (χ1v) is 4.14. The van der Waals surface area contributed by atoms with Gasteiger partial charge in [-0.15, -0.1) is 0 Å². The van der Waals surface area contributed by atoms with Gasteiger partial charge in [-0.25, -0.2) is 5.01 Å². The Hall–Kier alpha value is -0.120. The van der Waals surface area contributed by atoms with E-state index in [0.29, 0.717) is 5.92 Å². The zero-order chi connectivity index (χ0) is 8.85. The topological polar surface area (TPSA) is 24.5 Å². The Labute approximate surface area is 69.7 Å². The van der Waals surface area contributed by atoms with Crippen LogP contribution in [-0.4, -0.2) is 31.9 Å². The maximum atomic E-state index is 5.32. The molecule has 1 unspecified atom stereocenters. The summed E-state index contributed by atoms with van der Waals surface area (Å²) in [5, 5.41) is 2.07. The fourth-order valence-electron chi connectivity index (χ4n) is 1.22. The lowest BCUT2D eigenvalue weighted by atomic mass is 10.2. The van der Waals surface area contributed by atoms with Gasteiger partial charge in [-0.1, -0.05) is 20.8 Å². The number of nitrogens with one attached hydrogen (secondary N) is 1. The fourth-order valence-corrected chi connectivity index (χ4v) is 1.22. The molecule has 0 aliphatic rings. The molecule has 0 saturated heterocycles. The Morgan fingerprint density at radius 1 is 1.45 bits per heavy atom. The highest BCUT2D eigenvalue weighted by Crippen LogP contribution is 2.08. The summed E-state index contributed by atoms with van der Waals surface area (Å²) in [5.74, 6) is 0.507. The number of methoxy groups -OCH3 is 1. The maximum absolute atomic E-state index is 5.32. The number of hydrogen-bond acceptors (Lipinski definition) is 3. The average molecular weight is 160 g/mol. The summed E-state index contributed by atoms with van der Waals surface area (Å²) >= 11 is 0. The van der Waals surface area contributed by atoms with Gasteiger partial charge in [0.15, 0.2) is 0 Å². The Morgan fingerprint density at radius 2 is 2.00 bits per heavy atom. The van der Waals surface area contributed by atoms with Crippen molar-refractivity contribution < 1.29 is 4.74 Å². The molecular formula is C8H20N2O. The molecule has 1 atom stereocenters. The summed E-state index contributed by atoms with van der Waals surface area (Å²) in [4.78, 5) is 0. The van der Waals surface area contributed by atoms with Gasteiger partial charge in [0.25, 0.3) is 0 Å². The van der Waals surface area contributed by atoms with E-state index in [1.54, 1.807) is 7.11 Å². The van der Waals surface area contributed by atoms with E-state index in [9.17, 15) is 0 Å². The second-order valence-corrected chi connectivity index (χ2v) is 2.88. The Balaban J connectivity index is 3.98. The molecule has 1 N–H and O–H groups in total. The second kappa shape index (κ2) is 5.52. The number of rotatable bonds is 5. The van der Waals surface area contributed by atoms with Crippen molar-refractivity contribution in [2.75, 3.05) is 20.7 Å². The molecule has 68 valence electrons. The molecule has 0 aliphatic heterocycles. The van der Waals surface area contributed by atoms with Crippen LogP contribution < -0.4 is 5.43 Å². The molecular weight excluding hydrogens is 140 g/mol. The third-order valence-electron chi connectivity index (χ3n) is 1.75. The molecule has 0 amide bonds. The van der Waals surface area contributed by atoms with Crippen LogP contribution in [0.3, 0.4) is 0 Å². The van der Waals surface area contributed by atoms with E-state index in [0.717, 1.165) is 6.54 Å². The monoisotopic (exact) mass is 160 g/mol. The molecule has 0 spiro atoms. The van der Waals surface area contributed by atoms with E-state index >= 15 is 0 Å². The van der Waals surface area contributed by atoms with Crippen LogP contribution in [0.5, 0.6) is 0 Å². The Morgan fingerprint density at radius 3 is 2.09 bits per heavy atom. The number of hydrogen-bond donors (Lipinski definition) is 1. The largest absolute Gasteiger partial charge is 0.365 e. The molecule has 0 saturated carbocycles. The highest BCUT2D eigenvalue weighted by Gasteiger charge is 2.17. The zero-order valence-corrected chi connectivity index (χ0v) is 8.22. The minimum absolute atomic E-state index is 0.171. The van der Waals surface area contributed by atoms with E-state index < -0.39 is 0 Å². The molecule has 0 radical (unpaired) electrons. The third kappa shape index (κ3) is 3.18. The van der Waals surface area contributed by atoms with Crippen LogP contribution >= 0.6 is 0 Å². The predicted octanol–water partition coefficient (Wildman–Crippen LogP) is 1.07. The van der Waals surface area contributed by atoms with Crippen LogP contribution in [0.4, 0.5) is 0 Å². The quantitative estimate of drug-likeness (QED) is 0.481. The van der Waals surface area contributed by atoms with Gasteiger partial charge in [0.2, 0.25) is 0 Å². The lowest BCUT2D eigenvalue weighted by Crippen LogP contribution is -2.47. The van der Waals surface area contributed by atoms with Gasteiger partial charge in [-0.3, -0.25) is 5.43 Å². The van der Waals surface area contributed by atoms with Crippen molar-refractivity contribution in [1.29, 1.82) is 0 Å². The van der Waals surface area contributed by atoms with E-state index in [-0.39, 0.29) is 6.23 Å². The summed E-state index contributed by atoms with van der Waals surface area (Å²) in [5.41, 5.74) is 3.09. The normalized spacial score (nSPS) is 14.5. The van der Waals surface area contributed by atoms with Gasteiger partial charge < -0.3 is 4.74 Å². The third-order valence-corrected chi connectivity index (χ3v) is 1.75. The minimum Gasteiger partial charge on any atom is -0.365 e. The highest BCUT2D eigenvalue weighted by atomic mass is 16.5. The number of hydrazine groups is 1. The zero-order valence-electron chi connectivity index (χ0n) is 8.22. The van der Waals surface area contributed by atoms with Crippen molar-refractivity contribution in [1.82, 2.24) is 10.4 Å². The first kappa shape index (κ1) is 10.9. The van der Waals surface area contributed by atoms with E-state index in [2.05, 4.69) is 31.2 Å². The maximum Gasteiger partial charge on any atom is 0.124 e. The van der Waals surface area contributed by atoms with Crippen molar-refractivity contribution in [2.45, 2.75) is 27.0 Å². The molecule has 0 aromatic rings. The molecule has 0 bridgehead atoms. The summed E-state index contributed by atoms with van der Waals surface area (Å²) < 4.78 is 5.32. The van der Waals surface area contributed by atoms with Gasteiger partial charge >= 0.3 is 0 Å². The van der Waals surface area contributed by atoms with E-state index in [1.807, 2.05) is 7.05 Å². The van der Waals surface area contributed by atoms with Gasteiger partial charge in [-0.2, -0.15) is 0 Å². The van der Waals surface area contributed by atoms with Crippen molar-refractivity contribution in [3.63, 3.8) is 0 Å². The van der Waals surface area contributed by atoms with Crippen LogP contribution in [-0.2, 0) is 4.74 Å². The lowest BCUT2D eigenvalue weighted by Gasteiger charge is -2.31. The predicted molar refractivity (Wildman–Crippen MR) is 47.1 cm³/mol. The Bertz CT molecular complexity index is 92.1. The van der Waals surface area contributed by atoms with Gasteiger partial charge in [0.1, 0.15) is 6.23 Å². The van der Waals surface area contributed by atoms with Gasteiger partial charge in [-0.05, 0) is 13.0 Å². The van der Waals surface area contributed by atoms with E-state index in [1.165, 1.54) is 0 Å².